The van der Waals surface area contributed by atoms with Crippen LogP contribution in [0.25, 0.3) is 10.1 Å². The molecule has 2 fully saturated rings. The van der Waals surface area contributed by atoms with E-state index in [2.05, 4.69) is 45.9 Å². The molecule has 1 saturated heterocycles. The predicted octanol–water partition coefficient (Wildman–Crippen LogP) is 5.20. The zero-order chi connectivity index (χ0) is 22.8. The van der Waals surface area contributed by atoms with Crippen LogP contribution in [0.3, 0.4) is 0 Å². The van der Waals surface area contributed by atoms with E-state index in [-0.39, 0.29) is 5.91 Å². The number of pyridine rings is 1. The Hall–Kier alpha value is -2.64. The highest BCUT2D eigenvalue weighted by Crippen LogP contribution is 2.43. The van der Waals surface area contributed by atoms with Gasteiger partial charge in [0, 0.05) is 63.2 Å². The third-order valence-corrected chi connectivity index (χ3v) is 7.97. The Labute approximate surface area is 200 Å². The highest BCUT2D eigenvalue weighted by Gasteiger charge is 2.27. The van der Waals surface area contributed by atoms with E-state index in [1.165, 1.54) is 35.9 Å². The van der Waals surface area contributed by atoms with Crippen LogP contribution in [0.5, 0.6) is 0 Å². The van der Waals surface area contributed by atoms with Gasteiger partial charge in [-0.1, -0.05) is 25.3 Å². The van der Waals surface area contributed by atoms with E-state index in [1.54, 1.807) is 16.2 Å². The van der Waals surface area contributed by atoms with Crippen molar-refractivity contribution in [1.82, 2.24) is 15.2 Å². The maximum atomic E-state index is 13.0. The van der Waals surface area contributed by atoms with Crippen molar-refractivity contribution in [1.29, 1.82) is 0 Å². The van der Waals surface area contributed by atoms with Crippen molar-refractivity contribution in [3.8, 4) is 0 Å². The van der Waals surface area contributed by atoms with Gasteiger partial charge in [0.2, 0.25) is 0 Å². The molecule has 5 rings (SSSR count). The van der Waals surface area contributed by atoms with Crippen molar-refractivity contribution in [3.63, 3.8) is 0 Å². The lowest BCUT2D eigenvalue weighted by Gasteiger charge is -2.29. The largest absolute Gasteiger partial charge is 0.369 e. The number of rotatable bonds is 5. The standard InChI is InChI=1S/C26H33N5OS/c1-30(2)26(32)25-24(18-7-4-3-5-8-18)21-16-23(28-17-22(21)33-25)29-19-9-6-10-20(15-19)31-13-11-27-12-14-31/h6,9-10,15-18,27H,3-5,7-8,11-14H2,1-2H3,(H,28,29). The molecule has 1 aliphatic carbocycles. The lowest BCUT2D eigenvalue weighted by molar-refractivity contribution is 0.0830. The molecule has 2 aliphatic rings. The van der Waals surface area contributed by atoms with Crippen molar-refractivity contribution in [2.75, 3.05) is 50.5 Å². The summed E-state index contributed by atoms with van der Waals surface area (Å²) in [7, 11) is 3.68. The first-order chi connectivity index (χ1) is 16.1. The Bertz CT molecular complexity index is 1130. The molecule has 2 aromatic heterocycles. The van der Waals surface area contributed by atoms with Crippen molar-refractivity contribution in [2.45, 2.75) is 38.0 Å². The first kappa shape index (κ1) is 22.2. The summed E-state index contributed by atoms with van der Waals surface area (Å²) in [4.78, 5) is 22.7. The molecule has 0 unspecified atom stereocenters. The number of fused-ring (bicyclic) bond motifs is 1. The molecule has 0 atom stereocenters. The van der Waals surface area contributed by atoms with Gasteiger partial charge < -0.3 is 20.4 Å². The van der Waals surface area contributed by atoms with Gasteiger partial charge in [-0.2, -0.15) is 0 Å². The Balaban J connectivity index is 1.48. The minimum absolute atomic E-state index is 0.106. The van der Waals surface area contributed by atoms with E-state index in [9.17, 15) is 4.79 Å². The van der Waals surface area contributed by atoms with E-state index in [4.69, 9.17) is 4.98 Å². The van der Waals surface area contributed by atoms with Crippen LogP contribution in [0.4, 0.5) is 17.2 Å². The number of aromatic nitrogens is 1. The molecule has 0 radical (unpaired) electrons. The lowest BCUT2D eigenvalue weighted by atomic mass is 9.83. The summed E-state index contributed by atoms with van der Waals surface area (Å²) in [6.45, 7) is 4.09. The number of hydrogen-bond donors (Lipinski definition) is 2. The molecule has 174 valence electrons. The fourth-order valence-corrected chi connectivity index (χ4v) is 6.36. The van der Waals surface area contributed by atoms with Crippen molar-refractivity contribution < 1.29 is 4.79 Å². The van der Waals surface area contributed by atoms with E-state index in [0.717, 1.165) is 60.1 Å². The predicted molar refractivity (Wildman–Crippen MR) is 138 cm³/mol. The quantitative estimate of drug-likeness (QED) is 0.545. The first-order valence-electron chi connectivity index (χ1n) is 12.1. The van der Waals surface area contributed by atoms with Crippen LogP contribution < -0.4 is 15.5 Å². The Morgan fingerprint density at radius 1 is 1.15 bits per heavy atom. The number of amides is 1. The van der Waals surface area contributed by atoms with Gasteiger partial charge in [0.05, 0.1) is 9.58 Å². The van der Waals surface area contributed by atoms with E-state index >= 15 is 0 Å². The topological polar surface area (TPSA) is 60.5 Å². The minimum atomic E-state index is 0.106. The third kappa shape index (κ3) is 4.70. The average Bonchev–Trinajstić information content (AvgIpc) is 3.23. The van der Waals surface area contributed by atoms with Crippen LogP contribution in [0.1, 0.15) is 53.3 Å². The second-order valence-corrected chi connectivity index (χ2v) is 10.4. The zero-order valence-electron chi connectivity index (χ0n) is 19.6. The van der Waals surface area contributed by atoms with Crippen LogP contribution >= 0.6 is 11.3 Å². The molecule has 3 heterocycles. The Morgan fingerprint density at radius 3 is 2.70 bits per heavy atom. The van der Waals surface area contributed by atoms with Gasteiger partial charge in [-0.05, 0) is 48.6 Å². The highest BCUT2D eigenvalue weighted by molar-refractivity contribution is 7.21. The van der Waals surface area contributed by atoms with E-state index in [0.29, 0.717) is 5.92 Å². The number of carbonyl (C=O) groups is 1. The number of nitrogens with one attached hydrogen (secondary N) is 2. The molecule has 1 aromatic carbocycles. The molecule has 6 nitrogen and oxygen atoms in total. The molecule has 1 amide bonds. The van der Waals surface area contributed by atoms with Crippen LogP contribution in [-0.2, 0) is 0 Å². The second-order valence-electron chi connectivity index (χ2n) is 9.36. The summed E-state index contributed by atoms with van der Waals surface area (Å²) in [5.41, 5.74) is 3.52. The maximum absolute atomic E-state index is 13.0. The van der Waals surface area contributed by atoms with Gasteiger partial charge >= 0.3 is 0 Å². The second kappa shape index (κ2) is 9.69. The van der Waals surface area contributed by atoms with Gasteiger partial charge in [0.15, 0.2) is 0 Å². The molecule has 1 saturated carbocycles. The molecular formula is C26H33N5OS. The molecule has 0 bridgehead atoms. The average molecular weight is 464 g/mol. The number of hydrogen-bond acceptors (Lipinski definition) is 6. The van der Waals surface area contributed by atoms with Crippen LogP contribution in [0.2, 0.25) is 0 Å². The molecule has 33 heavy (non-hydrogen) atoms. The summed E-state index contributed by atoms with van der Waals surface area (Å²) in [5, 5.41) is 8.12. The summed E-state index contributed by atoms with van der Waals surface area (Å²) in [6, 6.07) is 10.7. The number of thiophene rings is 1. The summed E-state index contributed by atoms with van der Waals surface area (Å²) in [6.07, 6.45) is 8.04. The summed E-state index contributed by atoms with van der Waals surface area (Å²) in [5.74, 6) is 1.39. The summed E-state index contributed by atoms with van der Waals surface area (Å²) >= 11 is 1.60. The van der Waals surface area contributed by atoms with Gasteiger partial charge in [0.25, 0.3) is 5.91 Å². The normalized spacial score (nSPS) is 17.3. The minimum Gasteiger partial charge on any atom is -0.369 e. The van der Waals surface area contributed by atoms with Gasteiger partial charge in [0.1, 0.15) is 5.82 Å². The third-order valence-electron chi connectivity index (χ3n) is 6.83. The number of nitrogens with zero attached hydrogens (tertiary/aromatic N) is 3. The molecule has 2 N–H and O–H groups in total. The van der Waals surface area contributed by atoms with Crippen molar-refractivity contribution in [3.05, 3.63) is 47.0 Å². The fourth-order valence-electron chi connectivity index (χ4n) is 5.10. The molecule has 3 aromatic rings. The maximum Gasteiger partial charge on any atom is 0.263 e. The Morgan fingerprint density at radius 2 is 1.94 bits per heavy atom. The fraction of sp³-hybridized carbons (Fsp3) is 0.462. The highest BCUT2D eigenvalue weighted by atomic mass is 32.1. The van der Waals surface area contributed by atoms with Crippen molar-refractivity contribution >= 4 is 44.5 Å². The van der Waals surface area contributed by atoms with E-state index < -0.39 is 0 Å². The van der Waals surface area contributed by atoms with Crippen LogP contribution in [-0.4, -0.2) is 56.1 Å². The molecule has 1 aliphatic heterocycles. The first-order valence-corrected chi connectivity index (χ1v) is 12.9. The van der Waals surface area contributed by atoms with Crippen LogP contribution in [0, 0.1) is 0 Å². The van der Waals surface area contributed by atoms with Gasteiger partial charge in [-0.3, -0.25) is 4.79 Å². The number of benzene rings is 1. The van der Waals surface area contributed by atoms with E-state index in [1.807, 2.05) is 20.3 Å². The SMILES string of the molecule is CN(C)C(=O)c1sc2cnc(Nc3cccc(N4CCNCC4)c3)cc2c1C1CCCCC1. The number of anilines is 3. The van der Waals surface area contributed by atoms with Crippen LogP contribution in [0.15, 0.2) is 36.5 Å². The molecule has 0 spiro atoms. The number of piperazine rings is 1. The lowest BCUT2D eigenvalue weighted by Crippen LogP contribution is -2.43. The zero-order valence-corrected chi connectivity index (χ0v) is 20.4. The molecule has 7 heteroatoms. The summed E-state index contributed by atoms with van der Waals surface area (Å²) < 4.78 is 1.10. The van der Waals surface area contributed by atoms with Gasteiger partial charge in [-0.25, -0.2) is 4.98 Å². The van der Waals surface area contributed by atoms with Crippen molar-refractivity contribution in [2.24, 2.45) is 0 Å². The Kier molecular flexibility index (Phi) is 6.51. The number of carbonyl (C=O) groups excluding carboxylic acids is 1. The molecular weight excluding hydrogens is 430 g/mol. The monoisotopic (exact) mass is 463 g/mol. The van der Waals surface area contributed by atoms with Gasteiger partial charge in [-0.15, -0.1) is 11.3 Å². The smallest absolute Gasteiger partial charge is 0.263 e.